The Morgan fingerprint density at radius 1 is 0.930 bits per heavy atom. The topological polar surface area (TPSA) is 86.8 Å². The van der Waals surface area contributed by atoms with Crippen molar-refractivity contribution in [3.8, 4) is 0 Å². The van der Waals surface area contributed by atoms with Gasteiger partial charge in [-0.2, -0.15) is 0 Å². The fourth-order valence-corrected chi connectivity index (χ4v) is 7.51. The Balaban J connectivity index is 1.77. The van der Waals surface area contributed by atoms with Gasteiger partial charge >= 0.3 is 0 Å². The van der Waals surface area contributed by atoms with Gasteiger partial charge in [0.15, 0.2) is 0 Å². The van der Waals surface area contributed by atoms with Gasteiger partial charge in [-0.05, 0) is 68.5 Å². The number of anilines is 1. The molecule has 3 aromatic carbocycles. The van der Waals surface area contributed by atoms with Crippen molar-refractivity contribution in [2.24, 2.45) is 0 Å². The summed E-state index contributed by atoms with van der Waals surface area (Å²) in [6, 6.07) is 18.0. The molecule has 4 rings (SSSR count). The molecule has 0 bridgehead atoms. The van der Waals surface area contributed by atoms with Gasteiger partial charge in [0.1, 0.15) is 12.6 Å². The first-order valence-electron chi connectivity index (χ1n) is 14.8. The summed E-state index contributed by atoms with van der Waals surface area (Å²) in [5.41, 5.74) is 2.60. The first-order valence-corrected chi connectivity index (χ1v) is 17.0. The van der Waals surface area contributed by atoms with Crippen LogP contribution in [-0.4, -0.2) is 43.8 Å². The lowest BCUT2D eigenvalue weighted by molar-refractivity contribution is -0.140. The van der Waals surface area contributed by atoms with E-state index in [9.17, 15) is 18.0 Å². The predicted molar refractivity (Wildman–Crippen MR) is 173 cm³/mol. The molecule has 43 heavy (non-hydrogen) atoms. The molecule has 0 aliphatic heterocycles. The molecule has 1 aliphatic carbocycles. The van der Waals surface area contributed by atoms with Crippen molar-refractivity contribution in [3.63, 3.8) is 0 Å². The number of sulfonamides is 1. The molecule has 0 spiro atoms. The number of rotatable bonds is 12. The van der Waals surface area contributed by atoms with E-state index in [1.165, 1.54) is 4.90 Å². The van der Waals surface area contributed by atoms with E-state index in [1.54, 1.807) is 54.6 Å². The van der Waals surface area contributed by atoms with E-state index in [-0.39, 0.29) is 23.4 Å². The van der Waals surface area contributed by atoms with E-state index in [1.807, 2.05) is 32.9 Å². The predicted octanol–water partition coefficient (Wildman–Crippen LogP) is 6.93. The lowest BCUT2D eigenvalue weighted by Crippen LogP contribution is -2.53. The molecule has 0 aromatic heterocycles. The Hall–Kier alpha value is -3.07. The first kappa shape index (κ1) is 32.8. The molecular weight excluding hydrogens is 605 g/mol. The van der Waals surface area contributed by atoms with Crippen molar-refractivity contribution in [1.29, 1.82) is 0 Å². The van der Waals surface area contributed by atoms with E-state index in [0.29, 0.717) is 34.1 Å². The lowest BCUT2D eigenvalue weighted by Gasteiger charge is -2.34. The van der Waals surface area contributed by atoms with Crippen molar-refractivity contribution in [2.45, 2.75) is 82.8 Å². The van der Waals surface area contributed by atoms with Crippen molar-refractivity contribution >= 4 is 50.7 Å². The van der Waals surface area contributed by atoms with E-state index in [2.05, 4.69) is 5.32 Å². The quantitative estimate of drug-likeness (QED) is 0.232. The largest absolute Gasteiger partial charge is 0.352 e. The summed E-state index contributed by atoms with van der Waals surface area (Å²) >= 11 is 13.0. The number of para-hydroxylation sites is 1. The van der Waals surface area contributed by atoms with Crippen LogP contribution in [0.1, 0.15) is 62.6 Å². The molecule has 10 heteroatoms. The van der Waals surface area contributed by atoms with Gasteiger partial charge in [-0.3, -0.25) is 13.9 Å². The number of nitrogens with one attached hydrogen (secondary N) is 1. The van der Waals surface area contributed by atoms with Crippen LogP contribution < -0.4 is 9.62 Å². The van der Waals surface area contributed by atoms with Crippen LogP contribution in [0.3, 0.4) is 0 Å². The van der Waals surface area contributed by atoms with Crippen molar-refractivity contribution in [1.82, 2.24) is 10.2 Å². The van der Waals surface area contributed by atoms with Crippen molar-refractivity contribution in [3.05, 3.63) is 93.5 Å². The SMILES string of the molecule is CCc1ccccc1N(CC(=O)N(Cc1c(Cl)cccc1Cl)[C@@H](CC)C(=O)NC1CCCC1)S(=O)(=O)c1ccc(C)cc1. The molecule has 1 N–H and O–H groups in total. The van der Waals surface area contributed by atoms with E-state index in [0.717, 1.165) is 41.1 Å². The Bertz CT molecular complexity index is 1520. The normalized spacial score (nSPS) is 14.3. The summed E-state index contributed by atoms with van der Waals surface area (Å²) in [7, 11) is -4.16. The zero-order chi connectivity index (χ0) is 31.1. The molecule has 3 aromatic rings. The summed E-state index contributed by atoms with van der Waals surface area (Å²) in [6.07, 6.45) is 4.75. The van der Waals surface area contributed by atoms with Gasteiger partial charge in [0.25, 0.3) is 10.0 Å². The first-order chi connectivity index (χ1) is 20.6. The maximum Gasteiger partial charge on any atom is 0.264 e. The molecule has 0 heterocycles. The zero-order valence-electron chi connectivity index (χ0n) is 24.9. The molecule has 230 valence electrons. The molecule has 1 aliphatic rings. The van der Waals surface area contributed by atoms with Gasteiger partial charge in [0.05, 0.1) is 10.6 Å². The molecular formula is C33H39Cl2N3O4S. The average molecular weight is 645 g/mol. The summed E-state index contributed by atoms with van der Waals surface area (Å²) in [6.45, 7) is 5.08. The minimum atomic E-state index is -4.16. The maximum atomic E-state index is 14.4. The number of benzene rings is 3. The van der Waals surface area contributed by atoms with Crippen LogP contribution in [0.4, 0.5) is 5.69 Å². The molecule has 7 nitrogen and oxygen atoms in total. The van der Waals surface area contributed by atoms with Crippen molar-refractivity contribution < 1.29 is 18.0 Å². The second kappa shape index (κ2) is 14.6. The number of aryl methyl sites for hydroxylation is 2. The molecule has 2 amide bonds. The average Bonchev–Trinajstić information content (AvgIpc) is 3.50. The second-order valence-corrected chi connectivity index (χ2v) is 13.6. The Morgan fingerprint density at radius 2 is 1.56 bits per heavy atom. The highest BCUT2D eigenvalue weighted by atomic mass is 35.5. The highest BCUT2D eigenvalue weighted by molar-refractivity contribution is 7.92. The monoisotopic (exact) mass is 643 g/mol. The minimum absolute atomic E-state index is 0.0530. The van der Waals surface area contributed by atoms with Gasteiger partial charge in [0.2, 0.25) is 11.8 Å². The standard InChI is InChI=1S/C33H39Cl2N3O4S/c1-4-24-11-6-9-16-31(24)38(43(41,42)26-19-17-23(3)18-20-26)22-32(39)37(21-27-28(34)14-10-15-29(27)35)30(5-2)33(40)36-25-12-7-8-13-25/h6,9-11,14-20,25,30H,4-5,7-8,12-13,21-22H2,1-3H3,(H,36,40)/t30-/m0/s1. The van der Waals surface area contributed by atoms with E-state index < -0.39 is 28.5 Å². The van der Waals surface area contributed by atoms with Crippen LogP contribution in [0.25, 0.3) is 0 Å². The molecule has 1 atom stereocenters. The highest BCUT2D eigenvalue weighted by Crippen LogP contribution is 2.30. The second-order valence-electron chi connectivity index (χ2n) is 10.9. The van der Waals surface area contributed by atoms with Gasteiger partial charge in [-0.1, -0.05) is 91.9 Å². The van der Waals surface area contributed by atoms with Gasteiger partial charge in [-0.15, -0.1) is 0 Å². The maximum absolute atomic E-state index is 14.4. The third-order valence-corrected chi connectivity index (χ3v) is 10.5. The number of carbonyl (C=O) groups excluding carboxylic acids is 2. The molecule has 0 saturated heterocycles. The smallest absolute Gasteiger partial charge is 0.264 e. The third kappa shape index (κ3) is 7.72. The van der Waals surface area contributed by atoms with Gasteiger partial charge in [-0.25, -0.2) is 8.42 Å². The fourth-order valence-electron chi connectivity index (χ4n) is 5.54. The number of halogens is 2. The van der Waals surface area contributed by atoms with Crippen LogP contribution in [0.2, 0.25) is 10.0 Å². The van der Waals surface area contributed by atoms with Crippen LogP contribution in [-0.2, 0) is 32.6 Å². The van der Waals surface area contributed by atoms with E-state index in [4.69, 9.17) is 23.2 Å². The summed E-state index contributed by atoms with van der Waals surface area (Å²) in [5.74, 6) is -0.807. The van der Waals surface area contributed by atoms with E-state index >= 15 is 0 Å². The summed E-state index contributed by atoms with van der Waals surface area (Å²) in [5, 5.41) is 3.83. The van der Waals surface area contributed by atoms with Crippen LogP contribution in [0, 0.1) is 6.92 Å². The highest BCUT2D eigenvalue weighted by Gasteiger charge is 2.35. The fraction of sp³-hybridized carbons (Fsp3) is 0.394. The Morgan fingerprint density at radius 3 is 2.16 bits per heavy atom. The Kier molecular flexibility index (Phi) is 11.2. The molecule has 1 fully saturated rings. The molecule has 0 radical (unpaired) electrons. The third-order valence-electron chi connectivity index (χ3n) is 8.01. The lowest BCUT2D eigenvalue weighted by atomic mass is 10.1. The number of hydrogen-bond donors (Lipinski definition) is 1. The Labute approximate surface area is 265 Å². The number of amides is 2. The van der Waals surface area contributed by atoms with Crippen LogP contribution in [0.15, 0.2) is 71.6 Å². The minimum Gasteiger partial charge on any atom is -0.352 e. The zero-order valence-corrected chi connectivity index (χ0v) is 27.2. The molecule has 0 unspecified atom stereocenters. The van der Waals surface area contributed by atoms with Crippen molar-refractivity contribution in [2.75, 3.05) is 10.8 Å². The summed E-state index contributed by atoms with van der Waals surface area (Å²) < 4.78 is 29.5. The number of hydrogen-bond acceptors (Lipinski definition) is 4. The number of carbonyl (C=O) groups is 2. The number of nitrogens with zero attached hydrogens (tertiary/aromatic N) is 2. The van der Waals surface area contributed by atoms with Gasteiger partial charge in [0, 0.05) is 28.2 Å². The van der Waals surface area contributed by atoms with Crippen LogP contribution in [0.5, 0.6) is 0 Å². The van der Waals surface area contributed by atoms with Gasteiger partial charge < -0.3 is 10.2 Å². The summed E-state index contributed by atoms with van der Waals surface area (Å²) in [4.78, 5) is 29.5. The molecule has 1 saturated carbocycles. The van der Waals surface area contributed by atoms with Crippen LogP contribution >= 0.6 is 23.2 Å².